The molecule has 3 nitrogen and oxygen atoms in total. The number of alkyl halides is 3. The van der Waals surface area contributed by atoms with Gasteiger partial charge in [0.1, 0.15) is 5.76 Å². The molecular weight excluding hydrogens is 245 g/mol. The van der Waals surface area contributed by atoms with Gasteiger partial charge in [0.15, 0.2) is 0 Å². The van der Waals surface area contributed by atoms with Crippen LogP contribution in [0.25, 0.3) is 0 Å². The van der Waals surface area contributed by atoms with Crippen LogP contribution in [-0.4, -0.2) is 30.7 Å². The van der Waals surface area contributed by atoms with Crippen LogP contribution >= 0.6 is 0 Å². The van der Waals surface area contributed by atoms with Crippen molar-refractivity contribution in [1.29, 1.82) is 0 Å². The summed E-state index contributed by atoms with van der Waals surface area (Å²) in [4.78, 5) is 1.24. The van der Waals surface area contributed by atoms with Gasteiger partial charge < -0.3 is 9.73 Å². The first kappa shape index (κ1) is 13.4. The maximum absolute atomic E-state index is 12.2. The molecule has 6 heteroatoms. The van der Waals surface area contributed by atoms with Crippen molar-refractivity contribution in [2.24, 2.45) is 0 Å². The Balaban J connectivity index is 1.85. The topological polar surface area (TPSA) is 28.4 Å². The first-order chi connectivity index (χ1) is 8.44. The summed E-state index contributed by atoms with van der Waals surface area (Å²) in [7, 11) is 1.46. The summed E-state index contributed by atoms with van der Waals surface area (Å²) < 4.78 is 42.0. The highest BCUT2D eigenvalue weighted by molar-refractivity contribution is 5.17. The third-order valence-electron chi connectivity index (χ3n) is 2.86. The van der Waals surface area contributed by atoms with Gasteiger partial charge in [0.25, 0.3) is 0 Å². The summed E-state index contributed by atoms with van der Waals surface area (Å²) in [6.45, 7) is -0.0712. The maximum atomic E-state index is 12.2. The van der Waals surface area contributed by atoms with Gasteiger partial charge in [0, 0.05) is 18.2 Å². The van der Waals surface area contributed by atoms with Crippen molar-refractivity contribution in [3.8, 4) is 0 Å². The molecule has 18 heavy (non-hydrogen) atoms. The molecule has 1 saturated carbocycles. The highest BCUT2D eigenvalue weighted by Crippen LogP contribution is 2.21. The lowest BCUT2D eigenvalue weighted by atomic mass is 10.2. The average molecular weight is 262 g/mol. The molecule has 0 amide bonds. The first-order valence-corrected chi connectivity index (χ1v) is 5.98. The lowest BCUT2D eigenvalue weighted by Crippen LogP contribution is -2.30. The van der Waals surface area contributed by atoms with E-state index in [2.05, 4.69) is 5.32 Å². The minimum Gasteiger partial charge on any atom is -0.468 e. The molecule has 0 unspecified atom stereocenters. The summed E-state index contributed by atoms with van der Waals surface area (Å²) in [5.41, 5.74) is 0.815. The van der Waals surface area contributed by atoms with Gasteiger partial charge in [0.05, 0.1) is 19.4 Å². The number of halogens is 3. The molecule has 1 aliphatic carbocycles. The standard InChI is InChI=1S/C12H17F3N2O/c1-17(8-12(13,14)15)7-9-4-5-18-11(9)6-16-10-2-3-10/h4-5,10,16H,2-3,6-8H2,1H3. The fourth-order valence-electron chi connectivity index (χ4n) is 1.84. The highest BCUT2D eigenvalue weighted by Gasteiger charge is 2.29. The lowest BCUT2D eigenvalue weighted by Gasteiger charge is -2.18. The number of furan rings is 1. The molecule has 1 N–H and O–H groups in total. The van der Waals surface area contributed by atoms with Gasteiger partial charge in [-0.15, -0.1) is 0 Å². The van der Waals surface area contributed by atoms with E-state index in [1.54, 1.807) is 6.07 Å². The number of nitrogens with one attached hydrogen (secondary N) is 1. The third kappa shape index (κ3) is 4.34. The van der Waals surface area contributed by atoms with Gasteiger partial charge in [-0.3, -0.25) is 4.90 Å². The second kappa shape index (κ2) is 5.32. The fourth-order valence-corrected chi connectivity index (χ4v) is 1.84. The minimum atomic E-state index is -4.16. The summed E-state index contributed by atoms with van der Waals surface area (Å²) >= 11 is 0. The molecule has 0 aliphatic heterocycles. The highest BCUT2D eigenvalue weighted by atomic mass is 19.4. The van der Waals surface area contributed by atoms with E-state index in [-0.39, 0.29) is 6.54 Å². The zero-order valence-corrected chi connectivity index (χ0v) is 10.3. The van der Waals surface area contributed by atoms with Crippen LogP contribution in [-0.2, 0) is 13.1 Å². The predicted molar refractivity (Wildman–Crippen MR) is 61.0 cm³/mol. The van der Waals surface area contributed by atoms with E-state index < -0.39 is 12.7 Å². The zero-order chi connectivity index (χ0) is 13.2. The van der Waals surface area contributed by atoms with Crippen molar-refractivity contribution in [3.63, 3.8) is 0 Å². The number of hydrogen-bond acceptors (Lipinski definition) is 3. The maximum Gasteiger partial charge on any atom is 0.401 e. The van der Waals surface area contributed by atoms with E-state index in [4.69, 9.17) is 4.42 Å². The molecule has 0 saturated heterocycles. The molecule has 0 spiro atoms. The van der Waals surface area contributed by atoms with Crippen LogP contribution in [0.1, 0.15) is 24.2 Å². The normalized spacial score (nSPS) is 16.5. The summed E-state index contributed by atoms with van der Waals surface area (Å²) in [6.07, 6.45) is -0.292. The molecule has 1 heterocycles. The van der Waals surface area contributed by atoms with Crippen molar-refractivity contribution >= 4 is 0 Å². The largest absolute Gasteiger partial charge is 0.468 e. The van der Waals surface area contributed by atoms with E-state index in [1.807, 2.05) is 0 Å². The summed E-state index contributed by atoms with van der Waals surface area (Å²) in [5.74, 6) is 0.732. The lowest BCUT2D eigenvalue weighted by molar-refractivity contribution is -0.144. The zero-order valence-electron chi connectivity index (χ0n) is 10.3. The van der Waals surface area contributed by atoms with Gasteiger partial charge in [-0.2, -0.15) is 13.2 Å². The van der Waals surface area contributed by atoms with Crippen molar-refractivity contribution in [2.75, 3.05) is 13.6 Å². The Morgan fingerprint density at radius 3 is 2.78 bits per heavy atom. The Morgan fingerprint density at radius 1 is 1.44 bits per heavy atom. The average Bonchev–Trinajstić information content (AvgIpc) is 2.95. The van der Waals surface area contributed by atoms with E-state index in [1.165, 1.54) is 31.1 Å². The van der Waals surface area contributed by atoms with Crippen LogP contribution in [0.4, 0.5) is 13.2 Å². The molecule has 1 aromatic heterocycles. The number of rotatable bonds is 6. The smallest absolute Gasteiger partial charge is 0.401 e. The van der Waals surface area contributed by atoms with E-state index in [9.17, 15) is 13.2 Å². The van der Waals surface area contributed by atoms with Crippen LogP contribution in [0.5, 0.6) is 0 Å². The fraction of sp³-hybridized carbons (Fsp3) is 0.667. The van der Waals surface area contributed by atoms with Crippen molar-refractivity contribution in [1.82, 2.24) is 10.2 Å². The van der Waals surface area contributed by atoms with Crippen molar-refractivity contribution in [3.05, 3.63) is 23.7 Å². The Hall–Kier alpha value is -1.01. The second-order valence-electron chi connectivity index (χ2n) is 4.81. The van der Waals surface area contributed by atoms with Crippen LogP contribution in [0, 0.1) is 0 Å². The minimum absolute atomic E-state index is 0.248. The first-order valence-electron chi connectivity index (χ1n) is 5.98. The molecule has 0 atom stereocenters. The Kier molecular flexibility index (Phi) is 3.97. The third-order valence-corrected chi connectivity index (χ3v) is 2.86. The Morgan fingerprint density at radius 2 is 2.17 bits per heavy atom. The van der Waals surface area contributed by atoms with Crippen molar-refractivity contribution in [2.45, 2.75) is 38.1 Å². The second-order valence-corrected chi connectivity index (χ2v) is 4.81. The van der Waals surface area contributed by atoms with Gasteiger partial charge in [-0.1, -0.05) is 0 Å². The van der Waals surface area contributed by atoms with Gasteiger partial charge >= 0.3 is 6.18 Å². The number of hydrogen-bond donors (Lipinski definition) is 1. The van der Waals surface area contributed by atoms with Crippen LogP contribution < -0.4 is 5.32 Å². The molecule has 1 aromatic rings. The molecule has 1 fully saturated rings. The Labute approximate surface area is 104 Å². The molecular formula is C12H17F3N2O. The molecule has 102 valence electrons. The van der Waals surface area contributed by atoms with Gasteiger partial charge in [-0.25, -0.2) is 0 Å². The quantitative estimate of drug-likeness (QED) is 0.854. The van der Waals surface area contributed by atoms with Crippen molar-refractivity contribution < 1.29 is 17.6 Å². The van der Waals surface area contributed by atoms with Gasteiger partial charge in [-0.05, 0) is 26.0 Å². The predicted octanol–water partition coefficient (Wildman–Crippen LogP) is 2.53. The van der Waals surface area contributed by atoms with Gasteiger partial charge in [0.2, 0.25) is 0 Å². The van der Waals surface area contributed by atoms with Crippen LogP contribution in [0.3, 0.4) is 0 Å². The Bertz CT molecular complexity index is 385. The van der Waals surface area contributed by atoms with Crippen LogP contribution in [0.15, 0.2) is 16.7 Å². The van der Waals surface area contributed by atoms with E-state index >= 15 is 0 Å². The summed E-state index contributed by atoms with van der Waals surface area (Å²) in [5, 5.41) is 3.29. The molecule has 1 aliphatic rings. The molecule has 0 radical (unpaired) electrons. The number of nitrogens with zero attached hydrogens (tertiary/aromatic N) is 1. The summed E-state index contributed by atoms with van der Waals surface area (Å²) in [6, 6.07) is 2.28. The molecule has 0 aromatic carbocycles. The van der Waals surface area contributed by atoms with Crippen LogP contribution in [0.2, 0.25) is 0 Å². The molecule has 2 rings (SSSR count). The monoisotopic (exact) mass is 262 g/mol. The van der Waals surface area contributed by atoms with E-state index in [0.29, 0.717) is 12.6 Å². The van der Waals surface area contributed by atoms with E-state index in [0.717, 1.165) is 11.3 Å². The molecule has 0 bridgehead atoms. The SMILES string of the molecule is CN(Cc1ccoc1CNC1CC1)CC(F)(F)F.